The summed E-state index contributed by atoms with van der Waals surface area (Å²) in [6.07, 6.45) is 0. The maximum Gasteiger partial charge on any atom is 0.250 e. The van der Waals surface area contributed by atoms with Crippen molar-refractivity contribution in [2.24, 2.45) is 0 Å². The maximum absolute atomic E-state index is 12.0. The normalized spacial score (nSPS) is 14.1. The van der Waals surface area contributed by atoms with E-state index >= 15 is 0 Å². The van der Waals surface area contributed by atoms with E-state index in [0.717, 1.165) is 16.9 Å². The summed E-state index contributed by atoms with van der Waals surface area (Å²) in [7, 11) is -3.37. The second-order valence-corrected chi connectivity index (χ2v) is 8.44. The summed E-state index contributed by atoms with van der Waals surface area (Å²) in [5, 5.41) is 0. The van der Waals surface area contributed by atoms with Crippen LogP contribution in [0.2, 0.25) is 0 Å². The summed E-state index contributed by atoms with van der Waals surface area (Å²) < 4.78 is 27.8. The highest BCUT2D eigenvalue weighted by Gasteiger charge is 2.18. The fraction of sp³-hybridized carbons (Fsp3) is 0.636. The van der Waals surface area contributed by atoms with E-state index < -0.39 is 10.0 Å². The summed E-state index contributed by atoms with van der Waals surface area (Å²) in [6.45, 7) is 8.45. The van der Waals surface area contributed by atoms with Crippen LogP contribution in [0.5, 0.6) is 0 Å². The summed E-state index contributed by atoms with van der Waals surface area (Å²) in [5.41, 5.74) is 0. The van der Waals surface area contributed by atoms with E-state index in [9.17, 15) is 8.42 Å². The summed E-state index contributed by atoms with van der Waals surface area (Å²) in [4.78, 5) is 2.22. The number of rotatable bonds is 7. The number of likely N-dealkylation sites (N-methyl/N-ethyl adjacent to an activating group) is 1. The molecule has 0 aliphatic heterocycles. The molecule has 0 spiro atoms. The second kappa shape index (κ2) is 7.00. The van der Waals surface area contributed by atoms with Crippen molar-refractivity contribution in [3.8, 4) is 0 Å². The molecule has 0 amide bonds. The van der Waals surface area contributed by atoms with Crippen molar-refractivity contribution in [3.63, 3.8) is 0 Å². The molecule has 0 radical (unpaired) electrons. The summed E-state index contributed by atoms with van der Waals surface area (Å²) in [6, 6.07) is 3.55. The van der Waals surface area contributed by atoms with Crippen molar-refractivity contribution in [3.05, 3.63) is 15.9 Å². The minimum atomic E-state index is -3.37. The number of hydrogen-bond acceptors (Lipinski definition) is 4. The van der Waals surface area contributed by atoms with Crippen molar-refractivity contribution >= 4 is 37.3 Å². The van der Waals surface area contributed by atoms with Gasteiger partial charge in [0.2, 0.25) is 10.0 Å². The van der Waals surface area contributed by atoms with E-state index in [1.807, 2.05) is 6.92 Å². The lowest BCUT2D eigenvalue weighted by Gasteiger charge is -2.26. The van der Waals surface area contributed by atoms with Crippen LogP contribution < -0.4 is 4.72 Å². The first kappa shape index (κ1) is 16.1. The Kier molecular flexibility index (Phi) is 6.26. The third kappa shape index (κ3) is 4.31. The van der Waals surface area contributed by atoms with E-state index in [1.54, 1.807) is 12.1 Å². The van der Waals surface area contributed by atoms with Gasteiger partial charge in [0.25, 0.3) is 0 Å². The van der Waals surface area contributed by atoms with Crippen LogP contribution in [0.1, 0.15) is 20.8 Å². The Bertz CT molecular complexity index is 469. The second-order valence-electron chi connectivity index (χ2n) is 3.98. The molecular weight excluding hydrogens is 336 g/mol. The summed E-state index contributed by atoms with van der Waals surface area (Å²) in [5.74, 6) is 0. The highest BCUT2D eigenvalue weighted by molar-refractivity contribution is 9.11. The average molecular weight is 355 g/mol. The Morgan fingerprint density at radius 3 is 2.44 bits per heavy atom. The molecule has 1 rings (SSSR count). The molecule has 0 saturated carbocycles. The van der Waals surface area contributed by atoms with Gasteiger partial charge >= 0.3 is 0 Å². The molecule has 7 heteroatoms. The molecule has 0 aliphatic rings. The van der Waals surface area contributed by atoms with E-state index in [4.69, 9.17) is 0 Å². The predicted molar refractivity (Wildman–Crippen MR) is 79.6 cm³/mol. The molecule has 18 heavy (non-hydrogen) atoms. The van der Waals surface area contributed by atoms with Gasteiger partial charge in [0.05, 0.1) is 3.79 Å². The molecule has 0 bridgehead atoms. The topological polar surface area (TPSA) is 49.4 Å². The molecule has 0 aromatic carbocycles. The van der Waals surface area contributed by atoms with E-state index in [0.29, 0.717) is 10.8 Å². The first-order chi connectivity index (χ1) is 8.40. The lowest BCUT2D eigenvalue weighted by atomic mass is 10.3. The molecular formula is C11H19BrN2O2S2. The SMILES string of the molecule is CCN(CC)C(C)CNS(=O)(=O)c1ccc(Br)s1. The molecule has 1 N–H and O–H groups in total. The molecule has 1 unspecified atom stereocenters. The highest BCUT2D eigenvalue weighted by atomic mass is 79.9. The van der Waals surface area contributed by atoms with Crippen LogP contribution in [-0.2, 0) is 10.0 Å². The molecule has 104 valence electrons. The molecule has 1 aromatic heterocycles. The van der Waals surface area contributed by atoms with Crippen LogP contribution in [0, 0.1) is 0 Å². The van der Waals surface area contributed by atoms with Crippen molar-refractivity contribution in [2.75, 3.05) is 19.6 Å². The minimum Gasteiger partial charge on any atom is -0.300 e. The van der Waals surface area contributed by atoms with Crippen LogP contribution in [0.15, 0.2) is 20.1 Å². The Morgan fingerprint density at radius 2 is 2.00 bits per heavy atom. The number of nitrogens with one attached hydrogen (secondary N) is 1. The number of thiophene rings is 1. The monoisotopic (exact) mass is 354 g/mol. The maximum atomic E-state index is 12.0. The third-order valence-electron chi connectivity index (χ3n) is 2.82. The largest absolute Gasteiger partial charge is 0.300 e. The van der Waals surface area contributed by atoms with Crippen molar-refractivity contribution < 1.29 is 8.42 Å². The van der Waals surface area contributed by atoms with Crippen molar-refractivity contribution in [1.82, 2.24) is 9.62 Å². The lowest BCUT2D eigenvalue weighted by Crippen LogP contribution is -2.41. The van der Waals surface area contributed by atoms with Gasteiger partial charge in [-0.2, -0.15) is 0 Å². The Labute approximate surface area is 122 Å². The molecule has 0 aliphatic carbocycles. The van der Waals surface area contributed by atoms with E-state index in [1.165, 1.54) is 11.3 Å². The smallest absolute Gasteiger partial charge is 0.250 e. The third-order valence-corrected chi connectivity index (χ3v) is 6.36. The molecule has 1 heterocycles. The van der Waals surface area contributed by atoms with Gasteiger partial charge in [-0.25, -0.2) is 13.1 Å². The average Bonchev–Trinajstić information content (AvgIpc) is 2.76. The van der Waals surface area contributed by atoms with Crippen LogP contribution in [0.4, 0.5) is 0 Å². The first-order valence-electron chi connectivity index (χ1n) is 5.89. The Balaban J connectivity index is 2.62. The van der Waals surface area contributed by atoms with Gasteiger partial charge in [0.15, 0.2) is 0 Å². The zero-order chi connectivity index (χ0) is 13.8. The van der Waals surface area contributed by atoms with E-state index in [-0.39, 0.29) is 6.04 Å². The van der Waals surface area contributed by atoms with Gasteiger partial charge in [-0.05, 0) is 48.1 Å². The fourth-order valence-electron chi connectivity index (χ4n) is 1.72. The van der Waals surface area contributed by atoms with Crippen molar-refractivity contribution in [2.45, 2.75) is 31.0 Å². The Hall–Kier alpha value is 0.0500. The number of hydrogen-bond donors (Lipinski definition) is 1. The number of nitrogens with zero attached hydrogens (tertiary/aromatic N) is 1. The quantitative estimate of drug-likeness (QED) is 0.818. The standard InChI is InChI=1S/C11H19BrN2O2S2/c1-4-14(5-2)9(3)8-13-18(15,16)11-7-6-10(12)17-11/h6-7,9,13H,4-5,8H2,1-3H3. The number of sulfonamides is 1. The molecule has 4 nitrogen and oxygen atoms in total. The zero-order valence-corrected chi connectivity index (χ0v) is 14.0. The van der Waals surface area contributed by atoms with Crippen LogP contribution in [-0.4, -0.2) is 39.0 Å². The molecule has 0 saturated heterocycles. The predicted octanol–water partition coefficient (Wildman–Crippen LogP) is 2.52. The van der Waals surface area contributed by atoms with Crippen LogP contribution in [0.25, 0.3) is 0 Å². The van der Waals surface area contributed by atoms with Gasteiger partial charge in [-0.1, -0.05) is 13.8 Å². The van der Waals surface area contributed by atoms with Gasteiger partial charge in [-0.15, -0.1) is 11.3 Å². The minimum absolute atomic E-state index is 0.193. The van der Waals surface area contributed by atoms with Crippen LogP contribution in [0.3, 0.4) is 0 Å². The van der Waals surface area contributed by atoms with Crippen molar-refractivity contribution in [1.29, 1.82) is 0 Å². The number of halogens is 1. The first-order valence-corrected chi connectivity index (χ1v) is 8.99. The molecule has 1 atom stereocenters. The van der Waals surface area contributed by atoms with E-state index in [2.05, 4.69) is 39.4 Å². The zero-order valence-electron chi connectivity index (χ0n) is 10.8. The van der Waals surface area contributed by atoms with Gasteiger partial charge < -0.3 is 0 Å². The molecule has 0 fully saturated rings. The van der Waals surface area contributed by atoms with Gasteiger partial charge in [0, 0.05) is 12.6 Å². The summed E-state index contributed by atoms with van der Waals surface area (Å²) >= 11 is 4.49. The Morgan fingerprint density at radius 1 is 1.39 bits per heavy atom. The van der Waals surface area contributed by atoms with Gasteiger partial charge in [0.1, 0.15) is 4.21 Å². The fourth-order valence-corrected chi connectivity index (χ4v) is 4.90. The highest BCUT2D eigenvalue weighted by Crippen LogP contribution is 2.25. The lowest BCUT2D eigenvalue weighted by molar-refractivity contribution is 0.232. The van der Waals surface area contributed by atoms with Crippen LogP contribution >= 0.6 is 27.3 Å². The van der Waals surface area contributed by atoms with Gasteiger partial charge in [-0.3, -0.25) is 4.90 Å². The molecule has 1 aromatic rings.